The van der Waals surface area contributed by atoms with Crippen LogP contribution < -0.4 is 0 Å². The van der Waals surface area contributed by atoms with E-state index in [0.29, 0.717) is 0 Å². The molecule has 0 amide bonds. The van der Waals surface area contributed by atoms with E-state index in [4.69, 9.17) is 0 Å². The first-order valence-electron chi connectivity index (χ1n) is 2.48. The topological polar surface area (TPSA) is 37.0 Å². The van der Waals surface area contributed by atoms with Gasteiger partial charge in [0.2, 0.25) is 0 Å². The lowest BCUT2D eigenvalue weighted by Gasteiger charge is -2.23. The van der Waals surface area contributed by atoms with E-state index in [0.717, 1.165) is 0 Å². The van der Waals surface area contributed by atoms with Crippen LogP contribution in [-0.2, 0) is 9.90 Å². The fourth-order valence-electron chi connectivity index (χ4n) is 0.306. The van der Waals surface area contributed by atoms with E-state index in [2.05, 4.69) is 0 Å². The first kappa shape index (κ1) is 12.0. The van der Waals surface area contributed by atoms with Gasteiger partial charge in [0.15, 0.2) is 0 Å². The van der Waals surface area contributed by atoms with Crippen molar-refractivity contribution in [1.82, 2.24) is 0 Å². The molecule has 9 heteroatoms. The molecule has 0 bridgehead atoms. The van der Waals surface area contributed by atoms with Crippen molar-refractivity contribution in [3.63, 3.8) is 0 Å². The number of hydrogen-bond acceptors (Lipinski definition) is 1. The van der Waals surface area contributed by atoms with Crippen LogP contribution in [0.15, 0.2) is 0 Å². The third kappa shape index (κ3) is 1.68. The lowest BCUT2D eigenvalue weighted by molar-refractivity contribution is -0.348. The third-order valence-corrected chi connectivity index (χ3v) is 1.01. The van der Waals surface area contributed by atoms with Gasteiger partial charge in [0.05, 0.1) is 0 Å². The minimum absolute atomic E-state index is 3.78. The Morgan fingerprint density at radius 3 is 1.23 bits per heavy atom. The molecule has 0 N–H and O–H groups in total. The number of alkyl halides is 7. The maximum Gasteiger partial charge on any atom is 0.460 e. The molecule has 1 radical (unpaired) electrons. The van der Waals surface area contributed by atoms with Crippen LogP contribution in [0.2, 0.25) is 0 Å². The molecule has 13 heavy (non-hydrogen) atoms. The van der Waals surface area contributed by atoms with Crippen LogP contribution in [0, 0.1) is 0 Å². The average molecular weight is 213 g/mol. The molecule has 0 heterocycles. The second-order valence-electron chi connectivity index (χ2n) is 1.93. The molecule has 0 saturated carbocycles. The third-order valence-electron chi connectivity index (χ3n) is 1.01. The Morgan fingerprint density at radius 1 is 0.846 bits per heavy atom. The monoisotopic (exact) mass is 213 g/mol. The van der Waals surface area contributed by atoms with E-state index in [-0.39, 0.29) is 0 Å². The molecular formula is C4F7O2. The molecular weight excluding hydrogens is 213 g/mol. The summed E-state index contributed by atoms with van der Waals surface area (Å²) in [5.74, 6) is -16.7. The zero-order valence-electron chi connectivity index (χ0n) is 5.46. The Kier molecular flexibility index (Phi) is 2.52. The summed E-state index contributed by atoms with van der Waals surface area (Å²) in [6.45, 7) is 0. The summed E-state index contributed by atoms with van der Waals surface area (Å²) in [7, 11) is 0. The van der Waals surface area contributed by atoms with Gasteiger partial charge in [0.1, 0.15) is 0 Å². The minimum atomic E-state index is -6.64. The van der Waals surface area contributed by atoms with Crippen LogP contribution in [0.4, 0.5) is 30.7 Å². The summed E-state index contributed by atoms with van der Waals surface area (Å²) in [4.78, 5) is 9.27. The highest BCUT2D eigenvalue weighted by atomic mass is 19.4. The Balaban J connectivity index is 5.16. The molecule has 0 aromatic heterocycles. The molecule has 0 aliphatic carbocycles. The van der Waals surface area contributed by atoms with Gasteiger partial charge in [-0.3, -0.25) is 0 Å². The Morgan fingerprint density at radius 2 is 1.15 bits per heavy atom. The normalized spacial score (nSPS) is 14.4. The average Bonchev–Trinajstić information content (AvgIpc) is 1.84. The van der Waals surface area contributed by atoms with Gasteiger partial charge in [-0.15, -0.1) is 0 Å². The molecule has 0 aromatic carbocycles. The second-order valence-corrected chi connectivity index (χ2v) is 1.93. The van der Waals surface area contributed by atoms with Gasteiger partial charge in [-0.05, 0) is 0 Å². The van der Waals surface area contributed by atoms with E-state index >= 15 is 0 Å². The molecule has 0 unspecified atom stereocenters. The van der Waals surface area contributed by atoms with Crippen LogP contribution in [0.5, 0.6) is 0 Å². The van der Waals surface area contributed by atoms with Gasteiger partial charge in [-0.2, -0.15) is 30.7 Å². The van der Waals surface area contributed by atoms with Gasteiger partial charge in [-0.1, -0.05) is 0 Å². The van der Waals surface area contributed by atoms with Gasteiger partial charge >= 0.3 is 24.0 Å². The van der Waals surface area contributed by atoms with E-state index in [1.54, 1.807) is 0 Å². The van der Waals surface area contributed by atoms with Gasteiger partial charge < -0.3 is 0 Å². The minimum Gasteiger partial charge on any atom is -0.240 e. The maximum absolute atomic E-state index is 11.7. The summed E-state index contributed by atoms with van der Waals surface area (Å²) in [5, 5.41) is 9.27. The number of hydrogen-bond donors (Lipinski definition) is 0. The Bertz CT molecular complexity index is 217. The molecule has 0 aliphatic rings. The van der Waals surface area contributed by atoms with Gasteiger partial charge in [0.25, 0.3) is 0 Å². The van der Waals surface area contributed by atoms with Crippen LogP contribution in [-0.4, -0.2) is 24.0 Å². The summed E-state index contributed by atoms with van der Waals surface area (Å²) >= 11 is 0. The Labute approximate surface area is 65.9 Å². The molecule has 0 aliphatic heterocycles. The zero-order valence-corrected chi connectivity index (χ0v) is 5.46. The van der Waals surface area contributed by atoms with E-state index < -0.39 is 24.0 Å². The second kappa shape index (κ2) is 2.74. The smallest absolute Gasteiger partial charge is 0.240 e. The number of rotatable bonds is 2. The van der Waals surface area contributed by atoms with Crippen molar-refractivity contribution < 1.29 is 40.6 Å². The van der Waals surface area contributed by atoms with Crippen LogP contribution in [0.1, 0.15) is 0 Å². The van der Waals surface area contributed by atoms with Gasteiger partial charge in [0, 0.05) is 0 Å². The first-order valence-corrected chi connectivity index (χ1v) is 2.48. The zero-order chi connectivity index (χ0) is 11.1. The molecule has 0 aromatic rings. The van der Waals surface area contributed by atoms with Crippen molar-refractivity contribution in [2.24, 2.45) is 0 Å². The fourth-order valence-corrected chi connectivity index (χ4v) is 0.306. The van der Waals surface area contributed by atoms with E-state index in [1.807, 2.05) is 0 Å². The number of halogens is 7. The highest BCUT2D eigenvalue weighted by Gasteiger charge is 2.77. The SMILES string of the molecule is [O]C(=O)C(F)(F)C(F)(F)C(F)(F)F. The van der Waals surface area contributed by atoms with Crippen molar-refractivity contribution in [3.05, 3.63) is 0 Å². The van der Waals surface area contributed by atoms with Crippen molar-refractivity contribution in [1.29, 1.82) is 0 Å². The van der Waals surface area contributed by atoms with Crippen LogP contribution >= 0.6 is 0 Å². The molecule has 77 valence electrons. The molecule has 2 nitrogen and oxygen atoms in total. The maximum atomic E-state index is 11.7. The van der Waals surface area contributed by atoms with Gasteiger partial charge in [-0.25, -0.2) is 9.90 Å². The summed E-state index contributed by atoms with van der Waals surface area (Å²) in [5.41, 5.74) is 0. The number of carbonyl (C=O) groups is 1. The molecule has 0 rings (SSSR count). The predicted molar refractivity (Wildman–Crippen MR) is 21.6 cm³/mol. The standard InChI is InChI=1S/C4F7O2/c5-2(6,1(12)13)3(7,8)4(9,10)11. The fraction of sp³-hybridized carbons (Fsp3) is 0.750. The summed E-state index contributed by atoms with van der Waals surface area (Å²) < 4.78 is 80.2. The highest BCUT2D eigenvalue weighted by molar-refractivity contribution is 5.76. The first-order chi connectivity index (χ1) is 5.44. The van der Waals surface area contributed by atoms with Crippen molar-refractivity contribution in [2.75, 3.05) is 0 Å². The molecule has 0 atom stereocenters. The van der Waals surface area contributed by atoms with Crippen LogP contribution in [0.25, 0.3) is 0 Å². The molecule has 0 fully saturated rings. The van der Waals surface area contributed by atoms with E-state index in [9.17, 15) is 40.6 Å². The van der Waals surface area contributed by atoms with Crippen molar-refractivity contribution in [2.45, 2.75) is 18.0 Å². The number of carbonyl (C=O) groups excluding carboxylic acids is 1. The Hall–Kier alpha value is -1.02. The summed E-state index contributed by atoms with van der Waals surface area (Å²) in [6, 6.07) is 0. The van der Waals surface area contributed by atoms with E-state index in [1.165, 1.54) is 0 Å². The largest absolute Gasteiger partial charge is 0.460 e. The molecule has 0 saturated heterocycles. The van der Waals surface area contributed by atoms with Crippen LogP contribution in [0.3, 0.4) is 0 Å². The highest BCUT2D eigenvalue weighted by Crippen LogP contribution is 2.46. The quantitative estimate of drug-likeness (QED) is 0.644. The lowest BCUT2D eigenvalue weighted by atomic mass is 10.1. The van der Waals surface area contributed by atoms with Crippen molar-refractivity contribution >= 4 is 5.97 Å². The lowest BCUT2D eigenvalue weighted by Crippen LogP contribution is -2.55. The molecule has 0 spiro atoms. The van der Waals surface area contributed by atoms with Crippen molar-refractivity contribution in [3.8, 4) is 0 Å². The predicted octanol–water partition coefficient (Wildman–Crippen LogP) is 1.78. The summed E-state index contributed by atoms with van der Waals surface area (Å²) in [6.07, 6.45) is -6.64.